The molecular formula is C14H18ClFN2O3S. The van der Waals surface area contributed by atoms with Crippen LogP contribution in [0.3, 0.4) is 0 Å². The third kappa shape index (κ3) is 4.41. The number of nitrogens with one attached hydrogen (secondary N) is 1. The molecule has 0 radical (unpaired) electrons. The second-order valence-electron chi connectivity index (χ2n) is 5.38. The SMILES string of the molecule is CS(=O)(=O)N1CCC(NC(=O)Cc2c(F)cccc2Cl)CC1. The van der Waals surface area contributed by atoms with Crippen molar-refractivity contribution in [3.8, 4) is 0 Å². The summed E-state index contributed by atoms with van der Waals surface area (Å²) in [6.07, 6.45) is 2.14. The maximum absolute atomic E-state index is 13.6. The zero-order valence-corrected chi connectivity index (χ0v) is 13.8. The van der Waals surface area contributed by atoms with Crippen molar-refractivity contribution in [2.45, 2.75) is 25.3 Å². The summed E-state index contributed by atoms with van der Waals surface area (Å²) >= 11 is 5.89. The molecule has 5 nitrogen and oxygen atoms in total. The average Bonchev–Trinajstić information content (AvgIpc) is 2.43. The average molecular weight is 349 g/mol. The molecule has 0 unspecified atom stereocenters. The number of rotatable bonds is 4. The molecule has 1 aliphatic heterocycles. The summed E-state index contributed by atoms with van der Waals surface area (Å²) in [7, 11) is -3.18. The van der Waals surface area contributed by atoms with Crippen LogP contribution in [0.1, 0.15) is 18.4 Å². The van der Waals surface area contributed by atoms with Gasteiger partial charge in [-0.05, 0) is 25.0 Å². The van der Waals surface area contributed by atoms with Crippen LogP contribution in [0.15, 0.2) is 18.2 Å². The van der Waals surface area contributed by atoms with E-state index in [1.807, 2.05) is 0 Å². The lowest BCUT2D eigenvalue weighted by Crippen LogP contribution is -2.46. The van der Waals surface area contributed by atoms with Crippen LogP contribution in [0, 0.1) is 5.82 Å². The van der Waals surface area contributed by atoms with Gasteiger partial charge in [-0.3, -0.25) is 4.79 Å². The van der Waals surface area contributed by atoms with Gasteiger partial charge in [-0.2, -0.15) is 0 Å². The first-order valence-corrected chi connectivity index (χ1v) is 9.17. The predicted octanol–water partition coefficient (Wildman–Crippen LogP) is 1.56. The fourth-order valence-electron chi connectivity index (χ4n) is 2.47. The Labute approximate surface area is 134 Å². The zero-order chi connectivity index (χ0) is 16.3. The Kier molecular flexibility index (Phi) is 5.41. The maximum Gasteiger partial charge on any atom is 0.224 e. The van der Waals surface area contributed by atoms with Gasteiger partial charge in [0.25, 0.3) is 0 Å². The molecule has 1 aromatic carbocycles. The summed E-state index contributed by atoms with van der Waals surface area (Å²) in [4.78, 5) is 12.0. The number of halogens is 2. The van der Waals surface area contributed by atoms with Gasteiger partial charge in [0, 0.05) is 29.7 Å². The number of hydrogen-bond donors (Lipinski definition) is 1. The van der Waals surface area contributed by atoms with E-state index in [1.54, 1.807) is 0 Å². The van der Waals surface area contributed by atoms with Crippen LogP contribution in [0.25, 0.3) is 0 Å². The van der Waals surface area contributed by atoms with E-state index < -0.39 is 15.8 Å². The topological polar surface area (TPSA) is 66.5 Å². The Morgan fingerprint density at radius 2 is 2.05 bits per heavy atom. The minimum absolute atomic E-state index is 0.101. The first-order valence-electron chi connectivity index (χ1n) is 6.94. The molecule has 22 heavy (non-hydrogen) atoms. The zero-order valence-electron chi connectivity index (χ0n) is 12.2. The van der Waals surface area contributed by atoms with Crippen molar-refractivity contribution in [1.82, 2.24) is 9.62 Å². The molecule has 122 valence electrons. The summed E-state index contributed by atoms with van der Waals surface area (Å²) in [5.74, 6) is -0.820. The first kappa shape index (κ1) is 17.2. The highest BCUT2D eigenvalue weighted by Crippen LogP contribution is 2.20. The van der Waals surface area contributed by atoms with Crippen LogP contribution in [0.2, 0.25) is 5.02 Å². The fraction of sp³-hybridized carbons (Fsp3) is 0.500. The quantitative estimate of drug-likeness (QED) is 0.898. The summed E-state index contributed by atoms with van der Waals surface area (Å²) in [6, 6.07) is 4.19. The van der Waals surface area contributed by atoms with Gasteiger partial charge in [0.15, 0.2) is 0 Å². The molecule has 1 N–H and O–H groups in total. The molecule has 1 saturated heterocycles. The van der Waals surface area contributed by atoms with Gasteiger partial charge in [-0.1, -0.05) is 17.7 Å². The van der Waals surface area contributed by atoms with Crippen molar-refractivity contribution < 1.29 is 17.6 Å². The number of carbonyl (C=O) groups is 1. The van der Waals surface area contributed by atoms with E-state index in [9.17, 15) is 17.6 Å². The second kappa shape index (κ2) is 6.93. The van der Waals surface area contributed by atoms with Crippen molar-refractivity contribution in [3.63, 3.8) is 0 Å². The Balaban J connectivity index is 1.89. The van der Waals surface area contributed by atoms with Crippen molar-refractivity contribution in [2.24, 2.45) is 0 Å². The number of sulfonamides is 1. The molecule has 0 aromatic heterocycles. The van der Waals surface area contributed by atoms with E-state index >= 15 is 0 Å². The standard InChI is InChI=1S/C14H18ClFN2O3S/c1-22(20,21)18-7-5-10(6-8-18)17-14(19)9-11-12(15)3-2-4-13(11)16/h2-4,10H,5-9H2,1H3,(H,17,19). The van der Waals surface area contributed by atoms with Gasteiger partial charge < -0.3 is 5.32 Å². The van der Waals surface area contributed by atoms with E-state index in [-0.39, 0.29) is 29.0 Å². The van der Waals surface area contributed by atoms with Crippen LogP contribution in [-0.2, 0) is 21.2 Å². The number of carbonyl (C=O) groups excluding carboxylic acids is 1. The van der Waals surface area contributed by atoms with E-state index in [0.29, 0.717) is 25.9 Å². The molecule has 8 heteroatoms. The first-order chi connectivity index (χ1) is 10.3. The van der Waals surface area contributed by atoms with Crippen molar-refractivity contribution in [2.75, 3.05) is 19.3 Å². The predicted molar refractivity (Wildman–Crippen MR) is 82.7 cm³/mol. The number of benzene rings is 1. The van der Waals surface area contributed by atoms with E-state index in [0.717, 1.165) is 0 Å². The molecule has 1 amide bonds. The van der Waals surface area contributed by atoms with E-state index in [1.165, 1.54) is 28.8 Å². The van der Waals surface area contributed by atoms with E-state index in [4.69, 9.17) is 11.6 Å². The smallest absolute Gasteiger partial charge is 0.224 e. The molecule has 1 aromatic rings. The molecule has 0 saturated carbocycles. The Morgan fingerprint density at radius 3 is 2.59 bits per heavy atom. The van der Waals surface area contributed by atoms with E-state index in [2.05, 4.69) is 5.32 Å². The van der Waals surface area contributed by atoms with Crippen molar-refractivity contribution >= 4 is 27.5 Å². The van der Waals surface area contributed by atoms with Crippen molar-refractivity contribution in [1.29, 1.82) is 0 Å². The monoisotopic (exact) mass is 348 g/mol. The minimum atomic E-state index is -3.18. The van der Waals surface area contributed by atoms with Gasteiger partial charge >= 0.3 is 0 Å². The largest absolute Gasteiger partial charge is 0.353 e. The number of hydrogen-bond acceptors (Lipinski definition) is 3. The summed E-state index contributed by atoms with van der Waals surface area (Å²) in [5, 5.41) is 3.03. The maximum atomic E-state index is 13.6. The highest BCUT2D eigenvalue weighted by molar-refractivity contribution is 7.88. The summed E-state index contributed by atoms with van der Waals surface area (Å²) in [6.45, 7) is 0.758. The second-order valence-corrected chi connectivity index (χ2v) is 7.77. The number of amides is 1. The molecule has 0 bridgehead atoms. The minimum Gasteiger partial charge on any atom is -0.353 e. The number of piperidine rings is 1. The lowest BCUT2D eigenvalue weighted by Gasteiger charge is -2.30. The lowest BCUT2D eigenvalue weighted by molar-refractivity contribution is -0.121. The fourth-order valence-corrected chi connectivity index (χ4v) is 3.58. The van der Waals surface area contributed by atoms with Gasteiger partial charge in [-0.25, -0.2) is 17.1 Å². The molecule has 1 fully saturated rings. The van der Waals surface area contributed by atoms with Crippen molar-refractivity contribution in [3.05, 3.63) is 34.6 Å². The molecule has 0 atom stereocenters. The van der Waals surface area contributed by atoms with Gasteiger partial charge in [-0.15, -0.1) is 0 Å². The summed E-state index contributed by atoms with van der Waals surface area (Å²) in [5.41, 5.74) is 0.176. The molecular weight excluding hydrogens is 331 g/mol. The van der Waals surface area contributed by atoms with Crippen LogP contribution in [0.5, 0.6) is 0 Å². The van der Waals surface area contributed by atoms with Crippen LogP contribution in [0.4, 0.5) is 4.39 Å². The third-order valence-corrected chi connectivity index (χ3v) is 5.34. The van der Waals surface area contributed by atoms with Gasteiger partial charge in [0.1, 0.15) is 5.82 Å². The lowest BCUT2D eigenvalue weighted by atomic mass is 10.1. The molecule has 1 aliphatic rings. The highest BCUT2D eigenvalue weighted by Gasteiger charge is 2.26. The van der Waals surface area contributed by atoms with Crippen LogP contribution >= 0.6 is 11.6 Å². The Bertz CT molecular complexity index is 638. The normalized spacial score (nSPS) is 17.4. The summed E-state index contributed by atoms with van der Waals surface area (Å²) < 4.78 is 37.9. The van der Waals surface area contributed by atoms with Crippen LogP contribution < -0.4 is 5.32 Å². The highest BCUT2D eigenvalue weighted by atomic mass is 35.5. The Hall–Kier alpha value is -1.18. The third-order valence-electron chi connectivity index (χ3n) is 3.69. The molecule has 0 aliphatic carbocycles. The molecule has 0 spiro atoms. The van der Waals surface area contributed by atoms with Gasteiger partial charge in [0.05, 0.1) is 12.7 Å². The van der Waals surface area contributed by atoms with Gasteiger partial charge in [0.2, 0.25) is 15.9 Å². The van der Waals surface area contributed by atoms with Crippen LogP contribution in [-0.4, -0.2) is 44.0 Å². The number of nitrogens with zero attached hydrogens (tertiary/aromatic N) is 1. The Morgan fingerprint density at radius 1 is 1.41 bits per heavy atom. The molecule has 2 rings (SSSR count). The molecule has 1 heterocycles.